The van der Waals surface area contributed by atoms with Crippen LogP contribution in [0, 0.1) is 0 Å². The minimum atomic E-state index is -0.257. The van der Waals surface area contributed by atoms with Crippen molar-refractivity contribution < 1.29 is 13.9 Å². The topological polar surface area (TPSA) is 63.5 Å². The first-order chi connectivity index (χ1) is 9.72. The van der Waals surface area contributed by atoms with Gasteiger partial charge in [-0.1, -0.05) is 0 Å². The van der Waals surface area contributed by atoms with Gasteiger partial charge in [0.15, 0.2) is 0 Å². The number of thioether (sulfide) groups is 1. The van der Waals surface area contributed by atoms with Gasteiger partial charge in [0.05, 0.1) is 12.9 Å². The highest BCUT2D eigenvalue weighted by atomic mass is 32.2. The van der Waals surface area contributed by atoms with Gasteiger partial charge in [-0.15, -0.1) is 0 Å². The molecule has 112 valence electrons. The second-order valence-electron chi connectivity index (χ2n) is 5.01. The molecule has 6 heteroatoms. The third-order valence-corrected chi connectivity index (χ3v) is 4.67. The lowest BCUT2D eigenvalue weighted by molar-refractivity contribution is 0.156. The highest BCUT2D eigenvalue weighted by Crippen LogP contribution is 2.28. The summed E-state index contributed by atoms with van der Waals surface area (Å²) in [5.41, 5.74) is 0. The number of furan rings is 1. The molecule has 0 radical (unpaired) electrons. The zero-order valence-electron chi connectivity index (χ0n) is 11.9. The molecule has 5 nitrogen and oxygen atoms in total. The van der Waals surface area contributed by atoms with Crippen molar-refractivity contribution in [1.82, 2.24) is 10.6 Å². The molecule has 2 amide bonds. The SMILES string of the molecule is COCC(NC(=O)NC1CCC(SC)C1)c1ccco1. The summed E-state index contributed by atoms with van der Waals surface area (Å²) >= 11 is 1.88. The van der Waals surface area contributed by atoms with E-state index in [1.54, 1.807) is 19.4 Å². The summed E-state index contributed by atoms with van der Waals surface area (Å²) in [6, 6.07) is 3.50. The van der Waals surface area contributed by atoms with Gasteiger partial charge in [-0.2, -0.15) is 11.8 Å². The minimum Gasteiger partial charge on any atom is -0.467 e. The predicted molar refractivity (Wildman–Crippen MR) is 79.9 cm³/mol. The fourth-order valence-corrected chi connectivity index (χ4v) is 3.32. The molecule has 20 heavy (non-hydrogen) atoms. The van der Waals surface area contributed by atoms with Crippen LogP contribution in [0.5, 0.6) is 0 Å². The van der Waals surface area contributed by atoms with Crippen LogP contribution in [-0.2, 0) is 4.74 Å². The molecular weight excluding hydrogens is 276 g/mol. The van der Waals surface area contributed by atoms with Crippen molar-refractivity contribution in [3.63, 3.8) is 0 Å². The van der Waals surface area contributed by atoms with E-state index in [2.05, 4.69) is 16.9 Å². The summed E-state index contributed by atoms with van der Waals surface area (Å²) in [4.78, 5) is 12.0. The van der Waals surface area contributed by atoms with E-state index in [1.807, 2.05) is 17.8 Å². The van der Waals surface area contributed by atoms with Crippen molar-refractivity contribution in [1.29, 1.82) is 0 Å². The number of carbonyl (C=O) groups excluding carboxylic acids is 1. The maximum Gasteiger partial charge on any atom is 0.315 e. The van der Waals surface area contributed by atoms with E-state index in [9.17, 15) is 4.79 Å². The Morgan fingerprint density at radius 2 is 2.45 bits per heavy atom. The van der Waals surface area contributed by atoms with Crippen LogP contribution in [0.2, 0.25) is 0 Å². The Morgan fingerprint density at radius 3 is 3.05 bits per heavy atom. The standard InChI is InChI=1S/C14H22N2O3S/c1-18-9-12(13-4-3-7-19-13)16-14(17)15-10-5-6-11(8-10)20-2/h3-4,7,10-12H,5-6,8-9H2,1-2H3,(H2,15,16,17). The zero-order valence-corrected chi connectivity index (χ0v) is 12.7. The van der Waals surface area contributed by atoms with Crippen LogP contribution in [0.25, 0.3) is 0 Å². The fourth-order valence-electron chi connectivity index (χ4n) is 2.52. The van der Waals surface area contributed by atoms with Crippen molar-refractivity contribution in [2.24, 2.45) is 0 Å². The largest absolute Gasteiger partial charge is 0.467 e. The third-order valence-electron chi connectivity index (χ3n) is 3.58. The zero-order chi connectivity index (χ0) is 14.4. The Kier molecular flexibility index (Phi) is 5.79. The molecule has 1 fully saturated rings. The molecule has 2 rings (SSSR count). The van der Waals surface area contributed by atoms with Gasteiger partial charge in [0.1, 0.15) is 11.8 Å². The minimum absolute atomic E-state index is 0.157. The number of hydrogen-bond acceptors (Lipinski definition) is 4. The van der Waals surface area contributed by atoms with Gasteiger partial charge in [0, 0.05) is 18.4 Å². The molecule has 1 aromatic heterocycles. The fraction of sp³-hybridized carbons (Fsp3) is 0.643. The van der Waals surface area contributed by atoms with Crippen molar-refractivity contribution in [2.75, 3.05) is 20.0 Å². The molecule has 3 atom stereocenters. The average molecular weight is 298 g/mol. The lowest BCUT2D eigenvalue weighted by Gasteiger charge is -2.19. The number of carbonyl (C=O) groups is 1. The lowest BCUT2D eigenvalue weighted by Crippen LogP contribution is -2.43. The van der Waals surface area contributed by atoms with Gasteiger partial charge in [-0.25, -0.2) is 4.79 Å². The van der Waals surface area contributed by atoms with Crippen LogP contribution >= 0.6 is 11.8 Å². The van der Waals surface area contributed by atoms with E-state index in [-0.39, 0.29) is 18.1 Å². The predicted octanol–water partition coefficient (Wildman–Crippen LogP) is 2.55. The number of amides is 2. The number of methoxy groups -OCH3 is 1. The van der Waals surface area contributed by atoms with Crippen LogP contribution in [0.1, 0.15) is 31.1 Å². The molecule has 0 aliphatic heterocycles. The van der Waals surface area contributed by atoms with Gasteiger partial charge < -0.3 is 19.8 Å². The monoisotopic (exact) mass is 298 g/mol. The van der Waals surface area contributed by atoms with E-state index < -0.39 is 0 Å². The summed E-state index contributed by atoms with van der Waals surface area (Å²) < 4.78 is 10.5. The Morgan fingerprint density at radius 1 is 1.60 bits per heavy atom. The van der Waals surface area contributed by atoms with Gasteiger partial charge >= 0.3 is 6.03 Å². The first-order valence-corrected chi connectivity index (χ1v) is 8.14. The molecule has 0 aromatic carbocycles. The molecular formula is C14H22N2O3S. The van der Waals surface area contributed by atoms with Gasteiger partial charge in [-0.3, -0.25) is 0 Å². The highest BCUT2D eigenvalue weighted by molar-refractivity contribution is 7.99. The van der Waals surface area contributed by atoms with E-state index in [1.165, 1.54) is 6.42 Å². The molecule has 2 N–H and O–H groups in total. The maximum atomic E-state index is 12.0. The number of rotatable bonds is 6. The Bertz CT molecular complexity index is 411. The van der Waals surface area contributed by atoms with Crippen LogP contribution in [0.15, 0.2) is 22.8 Å². The molecule has 3 unspecified atom stereocenters. The Labute approximate surface area is 123 Å². The van der Waals surface area contributed by atoms with Crippen LogP contribution < -0.4 is 10.6 Å². The molecule has 1 heterocycles. The van der Waals surface area contributed by atoms with E-state index >= 15 is 0 Å². The molecule has 1 aromatic rings. The first kappa shape index (κ1) is 15.3. The van der Waals surface area contributed by atoms with Crippen molar-refractivity contribution in [2.45, 2.75) is 36.6 Å². The molecule has 1 aliphatic carbocycles. The summed E-state index contributed by atoms with van der Waals surface area (Å²) in [6.45, 7) is 0.388. The van der Waals surface area contributed by atoms with Crippen molar-refractivity contribution in [3.05, 3.63) is 24.2 Å². The van der Waals surface area contributed by atoms with Crippen LogP contribution in [-0.4, -0.2) is 37.3 Å². The van der Waals surface area contributed by atoms with E-state index in [0.717, 1.165) is 12.8 Å². The summed E-state index contributed by atoms with van der Waals surface area (Å²) in [6.07, 6.45) is 6.99. The normalized spacial score (nSPS) is 23.5. The Balaban J connectivity index is 1.83. The second-order valence-corrected chi connectivity index (χ2v) is 6.15. The summed E-state index contributed by atoms with van der Waals surface area (Å²) in [7, 11) is 1.61. The highest BCUT2D eigenvalue weighted by Gasteiger charge is 2.26. The van der Waals surface area contributed by atoms with Gasteiger partial charge in [0.25, 0.3) is 0 Å². The number of nitrogens with one attached hydrogen (secondary N) is 2. The third kappa shape index (κ3) is 4.18. The molecule has 0 bridgehead atoms. The summed E-state index contributed by atoms with van der Waals surface area (Å²) in [5.74, 6) is 0.704. The summed E-state index contributed by atoms with van der Waals surface area (Å²) in [5, 5.41) is 6.60. The second kappa shape index (κ2) is 7.59. The van der Waals surface area contributed by atoms with E-state index in [4.69, 9.17) is 9.15 Å². The maximum absolute atomic E-state index is 12.0. The smallest absolute Gasteiger partial charge is 0.315 e. The first-order valence-electron chi connectivity index (χ1n) is 6.85. The lowest BCUT2D eigenvalue weighted by atomic mass is 10.2. The number of ether oxygens (including phenoxy) is 1. The van der Waals surface area contributed by atoms with Crippen molar-refractivity contribution in [3.8, 4) is 0 Å². The van der Waals surface area contributed by atoms with Crippen LogP contribution in [0.4, 0.5) is 4.79 Å². The number of hydrogen-bond donors (Lipinski definition) is 2. The molecule has 1 aliphatic rings. The van der Waals surface area contributed by atoms with Crippen LogP contribution in [0.3, 0.4) is 0 Å². The Hall–Kier alpha value is -1.14. The van der Waals surface area contributed by atoms with Gasteiger partial charge in [0.2, 0.25) is 0 Å². The number of urea groups is 1. The van der Waals surface area contributed by atoms with E-state index in [0.29, 0.717) is 17.6 Å². The molecule has 1 saturated carbocycles. The van der Waals surface area contributed by atoms with Gasteiger partial charge in [-0.05, 0) is 37.7 Å². The average Bonchev–Trinajstić information content (AvgIpc) is 3.09. The quantitative estimate of drug-likeness (QED) is 0.847. The molecule has 0 saturated heterocycles. The van der Waals surface area contributed by atoms with Crippen molar-refractivity contribution >= 4 is 17.8 Å². The molecule has 0 spiro atoms.